The normalized spacial score (nSPS) is 17.6. The number of methoxy groups -OCH3 is 2. The molecule has 3 aromatic rings. The van der Waals surface area contributed by atoms with Crippen LogP contribution in [0.1, 0.15) is 27.6 Å². The molecule has 172 valence electrons. The SMILES string of the molecule is COc1ccc(OC)c([C@@H]2CN(C(=O)c3ccco3)C[C@@H]2C(=O)N(C)Cc2ccccc2)c1. The molecule has 1 saturated heterocycles. The molecule has 0 spiro atoms. The van der Waals surface area contributed by atoms with E-state index in [9.17, 15) is 9.59 Å². The summed E-state index contributed by atoms with van der Waals surface area (Å²) in [5.41, 5.74) is 1.89. The first-order valence-electron chi connectivity index (χ1n) is 10.9. The van der Waals surface area contributed by atoms with Gasteiger partial charge in [0.2, 0.25) is 5.91 Å². The molecule has 2 aromatic carbocycles. The lowest BCUT2D eigenvalue weighted by Crippen LogP contribution is -2.36. The lowest BCUT2D eigenvalue weighted by atomic mass is 9.87. The maximum absolute atomic E-state index is 13.6. The van der Waals surface area contributed by atoms with E-state index >= 15 is 0 Å². The second-order valence-electron chi connectivity index (χ2n) is 8.19. The van der Waals surface area contributed by atoms with E-state index in [1.807, 2.05) is 48.5 Å². The van der Waals surface area contributed by atoms with Gasteiger partial charge in [0, 0.05) is 38.2 Å². The van der Waals surface area contributed by atoms with Crippen molar-refractivity contribution in [2.45, 2.75) is 12.5 Å². The van der Waals surface area contributed by atoms with Crippen LogP contribution in [0.4, 0.5) is 0 Å². The number of benzene rings is 2. The van der Waals surface area contributed by atoms with Crippen LogP contribution in [0.5, 0.6) is 11.5 Å². The molecule has 1 aliphatic rings. The first kappa shape index (κ1) is 22.5. The number of ether oxygens (including phenoxy) is 2. The Balaban J connectivity index is 1.65. The largest absolute Gasteiger partial charge is 0.497 e. The summed E-state index contributed by atoms with van der Waals surface area (Å²) in [7, 11) is 5.00. The molecule has 0 aliphatic carbocycles. The predicted octanol–water partition coefficient (Wildman–Crippen LogP) is 3.81. The van der Waals surface area contributed by atoms with Gasteiger partial charge >= 0.3 is 0 Å². The van der Waals surface area contributed by atoms with E-state index in [2.05, 4.69) is 0 Å². The Morgan fingerprint density at radius 3 is 2.48 bits per heavy atom. The number of furan rings is 1. The fourth-order valence-corrected chi connectivity index (χ4v) is 4.44. The van der Waals surface area contributed by atoms with Crippen molar-refractivity contribution in [1.29, 1.82) is 0 Å². The molecule has 0 N–H and O–H groups in total. The summed E-state index contributed by atoms with van der Waals surface area (Å²) in [5, 5.41) is 0. The summed E-state index contributed by atoms with van der Waals surface area (Å²) >= 11 is 0. The minimum Gasteiger partial charge on any atom is -0.497 e. The smallest absolute Gasteiger partial charge is 0.289 e. The number of likely N-dealkylation sites (tertiary alicyclic amines) is 1. The summed E-state index contributed by atoms with van der Waals surface area (Å²) in [6.45, 7) is 1.16. The number of amides is 2. The van der Waals surface area contributed by atoms with E-state index in [0.717, 1.165) is 11.1 Å². The third-order valence-electron chi connectivity index (χ3n) is 6.13. The van der Waals surface area contributed by atoms with Gasteiger partial charge in [0.1, 0.15) is 11.5 Å². The van der Waals surface area contributed by atoms with Crippen LogP contribution < -0.4 is 9.47 Å². The average molecular weight is 449 g/mol. The lowest BCUT2D eigenvalue weighted by molar-refractivity contribution is -0.134. The second kappa shape index (κ2) is 9.81. The molecule has 1 aliphatic heterocycles. The molecule has 2 heterocycles. The van der Waals surface area contributed by atoms with Gasteiger partial charge in [-0.05, 0) is 35.9 Å². The van der Waals surface area contributed by atoms with Gasteiger partial charge in [0.15, 0.2) is 5.76 Å². The molecule has 7 heteroatoms. The molecule has 0 radical (unpaired) electrons. The van der Waals surface area contributed by atoms with E-state index in [-0.39, 0.29) is 23.5 Å². The molecule has 1 aromatic heterocycles. The molecular weight excluding hydrogens is 420 g/mol. The Bertz CT molecular complexity index is 1100. The van der Waals surface area contributed by atoms with Crippen molar-refractivity contribution in [2.75, 3.05) is 34.4 Å². The molecule has 0 bridgehead atoms. The number of hydrogen-bond acceptors (Lipinski definition) is 5. The van der Waals surface area contributed by atoms with Gasteiger partial charge in [0.05, 0.1) is 26.4 Å². The van der Waals surface area contributed by atoms with Crippen molar-refractivity contribution in [1.82, 2.24) is 9.80 Å². The number of carbonyl (C=O) groups is 2. The molecule has 7 nitrogen and oxygen atoms in total. The average Bonchev–Trinajstić information content (AvgIpc) is 3.54. The van der Waals surface area contributed by atoms with Crippen molar-refractivity contribution in [2.24, 2.45) is 5.92 Å². The van der Waals surface area contributed by atoms with Gasteiger partial charge in [-0.1, -0.05) is 30.3 Å². The molecule has 2 atom stereocenters. The summed E-state index contributed by atoms with van der Waals surface area (Å²) in [6, 6.07) is 18.7. The van der Waals surface area contributed by atoms with Crippen LogP contribution in [-0.2, 0) is 11.3 Å². The van der Waals surface area contributed by atoms with Crippen LogP contribution in [-0.4, -0.2) is 56.0 Å². The van der Waals surface area contributed by atoms with Gasteiger partial charge in [-0.15, -0.1) is 0 Å². The highest BCUT2D eigenvalue weighted by Crippen LogP contribution is 2.40. The summed E-state index contributed by atoms with van der Waals surface area (Å²) < 4.78 is 16.4. The standard InChI is InChI=1S/C26H28N2O5/c1-27(15-18-8-5-4-6-9-18)25(29)22-17-28(26(30)24-10-7-13-33-24)16-21(22)20-14-19(31-2)11-12-23(20)32-3/h4-14,21-22H,15-17H2,1-3H3/t21-,22-/m0/s1. The highest BCUT2D eigenvalue weighted by Gasteiger charge is 2.43. The Morgan fingerprint density at radius 2 is 1.82 bits per heavy atom. The van der Waals surface area contributed by atoms with Crippen molar-refractivity contribution in [3.8, 4) is 11.5 Å². The minimum absolute atomic E-state index is 0.0246. The topological polar surface area (TPSA) is 72.2 Å². The Hall–Kier alpha value is -3.74. The quantitative estimate of drug-likeness (QED) is 0.550. The Kier molecular flexibility index (Phi) is 6.68. The lowest BCUT2D eigenvalue weighted by Gasteiger charge is -2.25. The highest BCUT2D eigenvalue weighted by atomic mass is 16.5. The minimum atomic E-state index is -0.432. The zero-order valence-corrected chi connectivity index (χ0v) is 19.1. The van der Waals surface area contributed by atoms with Crippen LogP contribution >= 0.6 is 0 Å². The highest BCUT2D eigenvalue weighted by molar-refractivity contribution is 5.93. The Morgan fingerprint density at radius 1 is 1.03 bits per heavy atom. The first-order valence-corrected chi connectivity index (χ1v) is 10.9. The maximum atomic E-state index is 13.6. The summed E-state index contributed by atoms with van der Waals surface area (Å²) in [4.78, 5) is 30.1. The van der Waals surface area contributed by atoms with E-state index in [4.69, 9.17) is 13.9 Å². The van der Waals surface area contributed by atoms with E-state index in [1.54, 1.807) is 43.2 Å². The maximum Gasteiger partial charge on any atom is 0.289 e. The molecule has 4 rings (SSSR count). The van der Waals surface area contributed by atoms with Crippen LogP contribution in [0.15, 0.2) is 71.3 Å². The summed E-state index contributed by atoms with van der Waals surface area (Å²) in [5.74, 6) is 0.661. The van der Waals surface area contributed by atoms with Crippen LogP contribution in [0.25, 0.3) is 0 Å². The van der Waals surface area contributed by atoms with Crippen molar-refractivity contribution in [3.63, 3.8) is 0 Å². The van der Waals surface area contributed by atoms with E-state index in [0.29, 0.717) is 31.1 Å². The molecule has 0 unspecified atom stereocenters. The van der Waals surface area contributed by atoms with Crippen molar-refractivity contribution < 1.29 is 23.5 Å². The monoisotopic (exact) mass is 448 g/mol. The van der Waals surface area contributed by atoms with Gasteiger partial charge in [0.25, 0.3) is 5.91 Å². The van der Waals surface area contributed by atoms with E-state index < -0.39 is 5.92 Å². The van der Waals surface area contributed by atoms with E-state index in [1.165, 1.54) is 6.26 Å². The van der Waals surface area contributed by atoms with Crippen molar-refractivity contribution in [3.05, 3.63) is 83.8 Å². The summed E-state index contributed by atoms with van der Waals surface area (Å²) in [6.07, 6.45) is 1.47. The van der Waals surface area contributed by atoms with Gasteiger partial charge in [-0.3, -0.25) is 9.59 Å². The number of nitrogens with zero attached hydrogens (tertiary/aromatic N) is 2. The molecular formula is C26H28N2O5. The Labute approximate surface area is 193 Å². The van der Waals surface area contributed by atoms with Crippen LogP contribution in [0.3, 0.4) is 0 Å². The number of carbonyl (C=O) groups excluding carboxylic acids is 2. The third-order valence-corrected chi connectivity index (χ3v) is 6.13. The fourth-order valence-electron chi connectivity index (χ4n) is 4.44. The zero-order chi connectivity index (χ0) is 23.4. The van der Waals surface area contributed by atoms with Crippen LogP contribution in [0.2, 0.25) is 0 Å². The van der Waals surface area contributed by atoms with Crippen molar-refractivity contribution >= 4 is 11.8 Å². The molecule has 2 amide bonds. The zero-order valence-electron chi connectivity index (χ0n) is 19.1. The van der Waals surface area contributed by atoms with Gasteiger partial charge < -0.3 is 23.7 Å². The fraction of sp³-hybridized carbons (Fsp3) is 0.308. The van der Waals surface area contributed by atoms with Gasteiger partial charge in [-0.2, -0.15) is 0 Å². The number of rotatable bonds is 7. The second-order valence-corrected chi connectivity index (χ2v) is 8.19. The van der Waals surface area contributed by atoms with Crippen LogP contribution in [0, 0.1) is 5.92 Å². The molecule has 33 heavy (non-hydrogen) atoms. The first-order chi connectivity index (χ1) is 16.0. The third kappa shape index (κ3) is 4.72. The number of hydrogen-bond donors (Lipinski definition) is 0. The molecule has 0 saturated carbocycles. The predicted molar refractivity (Wildman–Crippen MR) is 123 cm³/mol. The molecule has 1 fully saturated rings. The van der Waals surface area contributed by atoms with Gasteiger partial charge in [-0.25, -0.2) is 0 Å².